The maximum Gasteiger partial charge on any atom is 0.325 e. The molecule has 0 atom stereocenters. The molecule has 6 heteroatoms. The molecular weight excluding hydrogens is 318 g/mol. The van der Waals surface area contributed by atoms with Crippen molar-refractivity contribution in [3.05, 3.63) is 53.5 Å². The Labute approximate surface area is 147 Å². The van der Waals surface area contributed by atoms with Crippen molar-refractivity contribution in [1.29, 1.82) is 0 Å². The normalized spacial score (nSPS) is 13.7. The molecule has 2 N–H and O–H groups in total. The van der Waals surface area contributed by atoms with E-state index in [9.17, 15) is 9.59 Å². The van der Waals surface area contributed by atoms with Crippen LogP contribution in [0.25, 0.3) is 0 Å². The summed E-state index contributed by atoms with van der Waals surface area (Å²) in [6.45, 7) is 4.73. The second-order valence-corrected chi connectivity index (χ2v) is 6.52. The Bertz CT molecular complexity index is 751. The van der Waals surface area contributed by atoms with E-state index in [-0.39, 0.29) is 12.5 Å². The fourth-order valence-corrected chi connectivity index (χ4v) is 2.69. The first kappa shape index (κ1) is 17.2. The predicted molar refractivity (Wildman–Crippen MR) is 95.2 cm³/mol. The Hall–Kier alpha value is -2.60. The zero-order valence-electron chi connectivity index (χ0n) is 14.5. The minimum atomic E-state index is -0.512. The molecule has 1 heterocycles. The Morgan fingerprint density at radius 3 is 2.64 bits per heavy atom. The molecule has 1 aliphatic rings. The molecule has 25 heavy (non-hydrogen) atoms. The molecule has 3 amide bonds. The molecule has 0 unspecified atom stereocenters. The molecule has 0 spiro atoms. The summed E-state index contributed by atoms with van der Waals surface area (Å²) in [6.07, 6.45) is 3.77. The van der Waals surface area contributed by atoms with Crippen molar-refractivity contribution >= 4 is 17.6 Å². The van der Waals surface area contributed by atoms with Gasteiger partial charge in [-0.15, -0.1) is 0 Å². The van der Waals surface area contributed by atoms with E-state index in [4.69, 9.17) is 4.42 Å². The van der Waals surface area contributed by atoms with E-state index in [1.54, 1.807) is 6.26 Å². The van der Waals surface area contributed by atoms with Crippen LogP contribution in [-0.4, -0.2) is 29.4 Å². The van der Waals surface area contributed by atoms with Gasteiger partial charge in [-0.05, 0) is 62.1 Å². The summed E-state index contributed by atoms with van der Waals surface area (Å²) >= 11 is 0. The highest BCUT2D eigenvalue weighted by Crippen LogP contribution is 2.28. The molecule has 0 radical (unpaired) electrons. The van der Waals surface area contributed by atoms with Gasteiger partial charge in [-0.25, -0.2) is 4.79 Å². The molecule has 1 aliphatic carbocycles. The van der Waals surface area contributed by atoms with Crippen LogP contribution in [0, 0.1) is 13.8 Å². The molecule has 132 valence electrons. The summed E-state index contributed by atoms with van der Waals surface area (Å²) < 4.78 is 5.35. The third-order valence-electron chi connectivity index (χ3n) is 4.37. The maximum absolute atomic E-state index is 12.2. The summed E-state index contributed by atoms with van der Waals surface area (Å²) in [4.78, 5) is 26.3. The van der Waals surface area contributed by atoms with Gasteiger partial charge in [-0.3, -0.25) is 15.0 Å². The average molecular weight is 341 g/mol. The van der Waals surface area contributed by atoms with Gasteiger partial charge in [0.05, 0.1) is 19.4 Å². The third-order valence-corrected chi connectivity index (χ3v) is 4.37. The number of hydrogen-bond acceptors (Lipinski definition) is 4. The number of carbonyl (C=O) groups is 2. The number of rotatable bonds is 6. The number of hydrogen-bond donors (Lipinski definition) is 2. The fraction of sp³-hybridized carbons (Fsp3) is 0.368. The summed E-state index contributed by atoms with van der Waals surface area (Å²) in [5, 5.41) is 5.09. The highest BCUT2D eigenvalue weighted by atomic mass is 16.3. The van der Waals surface area contributed by atoms with Crippen LogP contribution in [-0.2, 0) is 11.3 Å². The van der Waals surface area contributed by atoms with E-state index in [1.807, 2.05) is 49.1 Å². The molecule has 3 rings (SSSR count). The van der Waals surface area contributed by atoms with Gasteiger partial charge in [-0.1, -0.05) is 6.07 Å². The molecular formula is C19H23N3O3. The van der Waals surface area contributed by atoms with Crippen molar-refractivity contribution < 1.29 is 14.0 Å². The zero-order valence-corrected chi connectivity index (χ0v) is 14.5. The number of aryl methyl sites for hydroxylation is 2. The van der Waals surface area contributed by atoms with Crippen molar-refractivity contribution in [3.63, 3.8) is 0 Å². The lowest BCUT2D eigenvalue weighted by atomic mass is 10.1. The minimum Gasteiger partial charge on any atom is -0.468 e. The third kappa shape index (κ3) is 4.93. The van der Waals surface area contributed by atoms with Crippen molar-refractivity contribution in [2.45, 2.75) is 39.3 Å². The standard InChI is InChI=1S/C19H23N3O3/c1-13-5-6-15(10-14(13)2)20-19(24)21-18(23)12-22(16-7-8-16)11-17-4-3-9-25-17/h3-6,9-10,16H,7-8,11-12H2,1-2H3,(H2,20,21,23,24). The monoisotopic (exact) mass is 341 g/mol. The number of anilines is 1. The van der Waals surface area contributed by atoms with E-state index in [0.29, 0.717) is 18.3 Å². The van der Waals surface area contributed by atoms with Crippen LogP contribution < -0.4 is 10.6 Å². The average Bonchev–Trinajstić information content (AvgIpc) is 3.28. The largest absolute Gasteiger partial charge is 0.468 e. The number of nitrogens with one attached hydrogen (secondary N) is 2. The van der Waals surface area contributed by atoms with E-state index in [1.165, 1.54) is 0 Å². The molecule has 1 aromatic heterocycles. The van der Waals surface area contributed by atoms with Crippen LogP contribution >= 0.6 is 0 Å². The van der Waals surface area contributed by atoms with Gasteiger partial charge in [0.1, 0.15) is 5.76 Å². The first-order valence-corrected chi connectivity index (χ1v) is 8.46. The second kappa shape index (κ2) is 7.53. The lowest BCUT2D eigenvalue weighted by Gasteiger charge is -2.19. The maximum atomic E-state index is 12.2. The van der Waals surface area contributed by atoms with Crippen LogP contribution in [0.3, 0.4) is 0 Å². The minimum absolute atomic E-state index is 0.172. The number of urea groups is 1. The number of carbonyl (C=O) groups excluding carboxylic acids is 2. The van der Waals surface area contributed by atoms with Crippen LogP contribution in [0.1, 0.15) is 29.7 Å². The topological polar surface area (TPSA) is 74.6 Å². The summed E-state index contributed by atoms with van der Waals surface area (Å²) in [6, 6.07) is 9.23. The van der Waals surface area contributed by atoms with Crippen molar-refractivity contribution in [1.82, 2.24) is 10.2 Å². The highest BCUT2D eigenvalue weighted by Gasteiger charge is 2.31. The number of amides is 3. The van der Waals surface area contributed by atoms with Gasteiger partial charge < -0.3 is 9.73 Å². The molecule has 1 saturated carbocycles. The van der Waals surface area contributed by atoms with Crippen LogP contribution in [0.15, 0.2) is 41.0 Å². The van der Waals surface area contributed by atoms with Gasteiger partial charge in [0.25, 0.3) is 0 Å². The second-order valence-electron chi connectivity index (χ2n) is 6.52. The van der Waals surface area contributed by atoms with Gasteiger partial charge in [0.2, 0.25) is 5.91 Å². The molecule has 2 aromatic rings. The Kier molecular flexibility index (Phi) is 5.19. The smallest absolute Gasteiger partial charge is 0.325 e. The highest BCUT2D eigenvalue weighted by molar-refractivity contribution is 6.01. The molecule has 1 fully saturated rings. The van der Waals surface area contributed by atoms with Crippen molar-refractivity contribution in [3.8, 4) is 0 Å². The Balaban J connectivity index is 1.51. The summed E-state index contributed by atoms with van der Waals surface area (Å²) in [7, 11) is 0. The van der Waals surface area contributed by atoms with Crippen molar-refractivity contribution in [2.75, 3.05) is 11.9 Å². The van der Waals surface area contributed by atoms with Gasteiger partial charge in [0.15, 0.2) is 0 Å². The summed E-state index contributed by atoms with van der Waals surface area (Å²) in [5.74, 6) is 0.499. The number of benzene rings is 1. The van der Waals surface area contributed by atoms with E-state index < -0.39 is 6.03 Å². The molecule has 0 bridgehead atoms. The first-order valence-electron chi connectivity index (χ1n) is 8.46. The van der Waals surface area contributed by atoms with E-state index in [0.717, 1.165) is 29.7 Å². The Morgan fingerprint density at radius 2 is 2.00 bits per heavy atom. The van der Waals surface area contributed by atoms with Crippen LogP contribution in [0.5, 0.6) is 0 Å². The van der Waals surface area contributed by atoms with E-state index in [2.05, 4.69) is 10.6 Å². The van der Waals surface area contributed by atoms with Crippen LogP contribution in [0.2, 0.25) is 0 Å². The van der Waals surface area contributed by atoms with Gasteiger partial charge in [0, 0.05) is 11.7 Å². The number of furan rings is 1. The molecule has 6 nitrogen and oxygen atoms in total. The Morgan fingerprint density at radius 1 is 1.20 bits per heavy atom. The number of imide groups is 1. The molecule has 1 aromatic carbocycles. The quantitative estimate of drug-likeness (QED) is 0.846. The lowest BCUT2D eigenvalue weighted by molar-refractivity contribution is -0.121. The molecule has 0 aliphatic heterocycles. The van der Waals surface area contributed by atoms with E-state index >= 15 is 0 Å². The SMILES string of the molecule is Cc1ccc(NC(=O)NC(=O)CN(Cc2ccco2)C2CC2)cc1C. The summed E-state index contributed by atoms with van der Waals surface area (Å²) in [5.41, 5.74) is 2.91. The predicted octanol–water partition coefficient (Wildman–Crippen LogP) is 3.21. The first-order chi connectivity index (χ1) is 12.0. The lowest BCUT2D eigenvalue weighted by Crippen LogP contribution is -2.42. The van der Waals surface area contributed by atoms with Gasteiger partial charge >= 0.3 is 6.03 Å². The van der Waals surface area contributed by atoms with Gasteiger partial charge in [-0.2, -0.15) is 0 Å². The fourth-order valence-electron chi connectivity index (χ4n) is 2.69. The van der Waals surface area contributed by atoms with Crippen molar-refractivity contribution in [2.24, 2.45) is 0 Å². The molecule has 0 saturated heterocycles. The zero-order chi connectivity index (χ0) is 17.8. The number of nitrogens with zero attached hydrogens (tertiary/aromatic N) is 1. The van der Waals surface area contributed by atoms with Crippen LogP contribution in [0.4, 0.5) is 10.5 Å².